The topological polar surface area (TPSA) is 49.4 Å². The molecular weight excluding hydrogens is 444 g/mol. The Labute approximate surface area is 212 Å². The Kier molecular flexibility index (Phi) is 7.23. The van der Waals surface area contributed by atoms with Gasteiger partial charge < -0.3 is 10.2 Å². The van der Waals surface area contributed by atoms with Crippen LogP contribution in [0.2, 0.25) is 0 Å². The van der Waals surface area contributed by atoms with Crippen molar-refractivity contribution < 1.29 is 9.59 Å². The average molecular weight is 475 g/mol. The Hall–Kier alpha value is -4.18. The van der Waals surface area contributed by atoms with E-state index in [-0.39, 0.29) is 23.8 Å². The monoisotopic (exact) mass is 474 g/mol. The van der Waals surface area contributed by atoms with Crippen LogP contribution in [0.3, 0.4) is 0 Å². The van der Waals surface area contributed by atoms with Crippen LogP contribution in [0.15, 0.2) is 121 Å². The first-order valence-electron chi connectivity index (χ1n) is 12.5. The van der Waals surface area contributed by atoms with E-state index in [4.69, 9.17) is 0 Å². The number of hydrogen-bond donors (Lipinski definition) is 1. The van der Waals surface area contributed by atoms with Gasteiger partial charge in [0.15, 0.2) is 0 Å². The third-order valence-electron chi connectivity index (χ3n) is 6.91. The molecule has 4 aromatic carbocycles. The molecule has 0 spiro atoms. The second kappa shape index (κ2) is 11.0. The van der Waals surface area contributed by atoms with Crippen LogP contribution in [0.4, 0.5) is 0 Å². The highest BCUT2D eigenvalue weighted by molar-refractivity contribution is 5.90. The molecule has 2 amide bonds. The van der Waals surface area contributed by atoms with Gasteiger partial charge >= 0.3 is 0 Å². The summed E-state index contributed by atoms with van der Waals surface area (Å²) in [5.41, 5.74) is 4.31. The van der Waals surface area contributed by atoms with Crippen molar-refractivity contribution in [3.8, 4) is 0 Å². The van der Waals surface area contributed by atoms with Gasteiger partial charge in [-0.05, 0) is 28.7 Å². The van der Waals surface area contributed by atoms with Crippen molar-refractivity contribution in [3.05, 3.63) is 144 Å². The zero-order chi connectivity index (χ0) is 24.7. The predicted octanol–water partition coefficient (Wildman–Crippen LogP) is 5.72. The van der Waals surface area contributed by atoms with Crippen molar-refractivity contribution in [2.45, 2.75) is 30.8 Å². The predicted molar refractivity (Wildman–Crippen MR) is 142 cm³/mol. The molecule has 0 radical (unpaired) electrons. The van der Waals surface area contributed by atoms with Crippen LogP contribution in [-0.4, -0.2) is 29.3 Å². The Morgan fingerprint density at radius 2 is 1.11 bits per heavy atom. The van der Waals surface area contributed by atoms with Crippen LogP contribution in [0, 0.1) is 0 Å². The molecule has 180 valence electrons. The summed E-state index contributed by atoms with van der Waals surface area (Å²) in [7, 11) is 0. The highest BCUT2D eigenvalue weighted by atomic mass is 16.2. The molecule has 0 bridgehead atoms. The summed E-state index contributed by atoms with van der Waals surface area (Å²) >= 11 is 0. The molecule has 1 aliphatic heterocycles. The number of nitrogens with one attached hydrogen (secondary N) is 1. The Balaban J connectivity index is 1.33. The Morgan fingerprint density at radius 3 is 1.56 bits per heavy atom. The van der Waals surface area contributed by atoms with Gasteiger partial charge in [0.1, 0.15) is 6.04 Å². The van der Waals surface area contributed by atoms with E-state index in [0.717, 1.165) is 22.3 Å². The minimum absolute atomic E-state index is 0.0305. The molecule has 1 heterocycles. The molecule has 0 unspecified atom stereocenters. The lowest BCUT2D eigenvalue weighted by Crippen LogP contribution is -2.43. The highest BCUT2D eigenvalue weighted by Gasteiger charge is 2.38. The zero-order valence-corrected chi connectivity index (χ0v) is 20.2. The quantitative estimate of drug-likeness (QED) is 0.355. The average Bonchev–Trinajstić information content (AvgIpc) is 3.29. The first-order chi connectivity index (χ1) is 17.7. The van der Waals surface area contributed by atoms with Crippen LogP contribution < -0.4 is 5.32 Å². The number of amides is 2. The van der Waals surface area contributed by atoms with Crippen molar-refractivity contribution >= 4 is 11.8 Å². The van der Waals surface area contributed by atoms with E-state index in [1.165, 1.54) is 0 Å². The molecular formula is C32H30N2O2. The Morgan fingerprint density at radius 1 is 0.694 bits per heavy atom. The molecule has 1 fully saturated rings. The van der Waals surface area contributed by atoms with Crippen LogP contribution in [0.1, 0.15) is 47.1 Å². The van der Waals surface area contributed by atoms with E-state index in [2.05, 4.69) is 53.8 Å². The van der Waals surface area contributed by atoms with Crippen molar-refractivity contribution in [3.63, 3.8) is 0 Å². The maximum absolute atomic E-state index is 13.6. The second-order valence-corrected chi connectivity index (χ2v) is 9.24. The van der Waals surface area contributed by atoms with Crippen LogP contribution in [0.5, 0.6) is 0 Å². The number of hydrogen-bond acceptors (Lipinski definition) is 2. The lowest BCUT2D eigenvalue weighted by molar-refractivity contribution is -0.133. The Bertz CT molecular complexity index is 1200. The van der Waals surface area contributed by atoms with Gasteiger partial charge in [-0.15, -0.1) is 0 Å². The molecule has 5 rings (SSSR count). The van der Waals surface area contributed by atoms with Gasteiger partial charge in [0, 0.05) is 18.9 Å². The third-order valence-corrected chi connectivity index (χ3v) is 6.91. The first kappa shape index (κ1) is 23.6. The highest BCUT2D eigenvalue weighted by Crippen LogP contribution is 2.33. The van der Waals surface area contributed by atoms with Crippen molar-refractivity contribution in [1.29, 1.82) is 0 Å². The van der Waals surface area contributed by atoms with E-state index in [0.29, 0.717) is 19.4 Å². The van der Waals surface area contributed by atoms with Gasteiger partial charge in [-0.2, -0.15) is 0 Å². The summed E-state index contributed by atoms with van der Waals surface area (Å²) in [6, 6.07) is 39.6. The number of carbonyl (C=O) groups is 2. The summed E-state index contributed by atoms with van der Waals surface area (Å²) in [5, 5.41) is 3.06. The molecule has 0 aromatic heterocycles. The fraction of sp³-hybridized carbons (Fsp3) is 0.188. The SMILES string of the molecule is O=C(CC(c1ccccc1)c1ccccc1)N[C@H]1CCN(C(c2ccccc2)c2ccccc2)C1=O. The van der Waals surface area contributed by atoms with Gasteiger partial charge in [0.05, 0.1) is 6.04 Å². The molecule has 0 aliphatic carbocycles. The fourth-order valence-corrected chi connectivity index (χ4v) is 5.15. The molecule has 1 saturated heterocycles. The second-order valence-electron chi connectivity index (χ2n) is 9.24. The lowest BCUT2D eigenvalue weighted by atomic mass is 9.88. The van der Waals surface area contributed by atoms with Crippen LogP contribution in [0.25, 0.3) is 0 Å². The minimum Gasteiger partial charge on any atom is -0.344 e. The first-order valence-corrected chi connectivity index (χ1v) is 12.5. The molecule has 1 aliphatic rings. The number of nitrogens with zero attached hydrogens (tertiary/aromatic N) is 1. The van der Waals surface area contributed by atoms with Crippen LogP contribution in [-0.2, 0) is 9.59 Å². The third kappa shape index (κ3) is 5.23. The van der Waals surface area contributed by atoms with Crippen molar-refractivity contribution in [2.75, 3.05) is 6.54 Å². The number of carbonyl (C=O) groups excluding carboxylic acids is 2. The number of likely N-dealkylation sites (tertiary alicyclic amines) is 1. The van der Waals surface area contributed by atoms with E-state index in [1.807, 2.05) is 77.7 Å². The molecule has 4 heteroatoms. The maximum atomic E-state index is 13.6. The summed E-state index contributed by atoms with van der Waals surface area (Å²) < 4.78 is 0. The molecule has 1 N–H and O–H groups in total. The lowest BCUT2D eigenvalue weighted by Gasteiger charge is -2.29. The van der Waals surface area contributed by atoms with Gasteiger partial charge in [-0.25, -0.2) is 0 Å². The molecule has 36 heavy (non-hydrogen) atoms. The van der Waals surface area contributed by atoms with E-state index < -0.39 is 6.04 Å². The van der Waals surface area contributed by atoms with Crippen LogP contribution >= 0.6 is 0 Å². The van der Waals surface area contributed by atoms with Crippen molar-refractivity contribution in [1.82, 2.24) is 10.2 Å². The minimum atomic E-state index is -0.514. The standard InChI is InChI=1S/C32H30N2O2/c35-30(23-28(24-13-5-1-6-14-24)25-15-7-2-8-16-25)33-29-21-22-34(32(29)36)31(26-17-9-3-10-18-26)27-19-11-4-12-20-27/h1-20,28-29,31H,21-23H2,(H,33,35)/t29-/m0/s1. The summed E-state index contributed by atoms with van der Waals surface area (Å²) in [6.45, 7) is 0.596. The van der Waals surface area contributed by atoms with Gasteiger partial charge in [-0.1, -0.05) is 121 Å². The normalized spacial score (nSPS) is 15.4. The van der Waals surface area contributed by atoms with E-state index in [9.17, 15) is 9.59 Å². The zero-order valence-electron chi connectivity index (χ0n) is 20.2. The van der Waals surface area contributed by atoms with Gasteiger partial charge in [0.2, 0.25) is 11.8 Å². The smallest absolute Gasteiger partial charge is 0.245 e. The van der Waals surface area contributed by atoms with Crippen molar-refractivity contribution in [2.24, 2.45) is 0 Å². The molecule has 4 aromatic rings. The summed E-state index contributed by atoms with van der Waals surface area (Å²) in [4.78, 5) is 28.7. The van der Waals surface area contributed by atoms with Gasteiger partial charge in [0.25, 0.3) is 0 Å². The maximum Gasteiger partial charge on any atom is 0.245 e. The van der Waals surface area contributed by atoms with E-state index in [1.54, 1.807) is 0 Å². The van der Waals surface area contributed by atoms with E-state index >= 15 is 0 Å². The van der Waals surface area contributed by atoms with Gasteiger partial charge in [-0.3, -0.25) is 9.59 Å². The molecule has 0 saturated carbocycles. The number of benzene rings is 4. The summed E-state index contributed by atoms with van der Waals surface area (Å²) in [5.74, 6) is -0.206. The fourth-order valence-electron chi connectivity index (χ4n) is 5.15. The molecule has 1 atom stereocenters. The largest absolute Gasteiger partial charge is 0.344 e. The molecule has 4 nitrogen and oxygen atoms in total. The summed E-state index contributed by atoms with van der Waals surface area (Å²) in [6.07, 6.45) is 0.890. The number of rotatable bonds is 8.